The summed E-state index contributed by atoms with van der Waals surface area (Å²) in [5, 5.41) is 9.45. The lowest BCUT2D eigenvalue weighted by Crippen LogP contribution is -2.35. The lowest BCUT2D eigenvalue weighted by Gasteiger charge is -2.33. The normalized spacial score (nSPS) is 22.7. The minimum Gasteiger partial charge on any atom is -0.478 e. The number of carboxylic acid groups (broad SMARTS) is 1. The van der Waals surface area contributed by atoms with Gasteiger partial charge in [-0.2, -0.15) is 0 Å². The Morgan fingerprint density at radius 3 is 2.71 bits per heavy atom. The first-order valence-corrected chi connectivity index (χ1v) is 12.1. The molecule has 8 nitrogen and oxygen atoms in total. The van der Waals surface area contributed by atoms with Crippen molar-refractivity contribution >= 4 is 17.0 Å². The number of nitrogens with zero attached hydrogens (tertiary/aromatic N) is 3. The molecule has 0 radical (unpaired) electrons. The van der Waals surface area contributed by atoms with E-state index in [0.717, 1.165) is 73.9 Å². The second kappa shape index (κ2) is 8.60. The Morgan fingerprint density at radius 1 is 1.15 bits per heavy atom. The molecular weight excluding hydrogens is 434 g/mol. The Morgan fingerprint density at radius 2 is 1.97 bits per heavy atom. The first-order chi connectivity index (χ1) is 16.5. The van der Waals surface area contributed by atoms with Gasteiger partial charge in [0.2, 0.25) is 6.29 Å². The van der Waals surface area contributed by atoms with Crippen LogP contribution in [0.25, 0.3) is 11.0 Å². The van der Waals surface area contributed by atoms with Crippen molar-refractivity contribution in [3.05, 3.63) is 53.3 Å². The molecule has 4 heterocycles. The summed E-state index contributed by atoms with van der Waals surface area (Å²) in [6.07, 6.45) is 3.05. The number of para-hydroxylation sites is 1. The van der Waals surface area contributed by atoms with Crippen LogP contribution in [0, 0.1) is 0 Å². The van der Waals surface area contributed by atoms with Crippen LogP contribution in [0.15, 0.2) is 36.4 Å². The number of piperidine rings is 1. The Kier molecular flexibility index (Phi) is 5.42. The van der Waals surface area contributed by atoms with Crippen molar-refractivity contribution in [2.75, 3.05) is 19.7 Å². The number of hydrogen-bond donors (Lipinski definition) is 1. The second-order valence-corrected chi connectivity index (χ2v) is 9.46. The van der Waals surface area contributed by atoms with Crippen LogP contribution in [0.5, 0.6) is 11.5 Å². The quantitative estimate of drug-likeness (QED) is 0.591. The van der Waals surface area contributed by atoms with E-state index in [1.807, 2.05) is 19.1 Å². The van der Waals surface area contributed by atoms with Gasteiger partial charge in [-0.05, 0) is 62.5 Å². The number of aromatic carboxylic acids is 1. The SMILES string of the molecule is CC1Oc2cccc(C3CCN(Cc4nc5ccc(C(=O)O)cc5n4CC4CCO4)CC3)c2O1. The van der Waals surface area contributed by atoms with Gasteiger partial charge in [-0.15, -0.1) is 0 Å². The summed E-state index contributed by atoms with van der Waals surface area (Å²) >= 11 is 0. The molecule has 0 amide bonds. The maximum absolute atomic E-state index is 11.5. The third kappa shape index (κ3) is 3.91. The smallest absolute Gasteiger partial charge is 0.335 e. The molecule has 3 aliphatic rings. The first-order valence-electron chi connectivity index (χ1n) is 12.1. The largest absolute Gasteiger partial charge is 0.478 e. The Labute approximate surface area is 198 Å². The van der Waals surface area contributed by atoms with Crippen molar-refractivity contribution in [1.29, 1.82) is 0 Å². The molecular formula is C26H29N3O5. The molecule has 3 aromatic rings. The van der Waals surface area contributed by atoms with Gasteiger partial charge in [0.25, 0.3) is 0 Å². The van der Waals surface area contributed by atoms with Gasteiger partial charge >= 0.3 is 5.97 Å². The third-order valence-corrected chi connectivity index (χ3v) is 7.23. The molecule has 34 heavy (non-hydrogen) atoms. The molecule has 2 atom stereocenters. The molecule has 3 aliphatic heterocycles. The molecule has 0 spiro atoms. The zero-order chi connectivity index (χ0) is 23.2. The van der Waals surface area contributed by atoms with Crippen LogP contribution in [0.2, 0.25) is 0 Å². The number of carbonyl (C=O) groups is 1. The van der Waals surface area contributed by atoms with E-state index in [1.54, 1.807) is 12.1 Å². The number of imidazole rings is 1. The van der Waals surface area contributed by atoms with Crippen LogP contribution in [0.3, 0.4) is 0 Å². The van der Waals surface area contributed by atoms with E-state index in [2.05, 4.69) is 21.6 Å². The Balaban J connectivity index is 1.20. The van der Waals surface area contributed by atoms with Gasteiger partial charge in [0, 0.05) is 19.1 Å². The number of fused-ring (bicyclic) bond motifs is 2. The van der Waals surface area contributed by atoms with Crippen molar-refractivity contribution < 1.29 is 24.1 Å². The van der Waals surface area contributed by atoms with Crippen LogP contribution < -0.4 is 9.47 Å². The number of benzene rings is 2. The van der Waals surface area contributed by atoms with Gasteiger partial charge in [0.1, 0.15) is 5.82 Å². The number of carboxylic acids is 1. The summed E-state index contributed by atoms with van der Waals surface area (Å²) in [5.41, 5.74) is 3.23. The summed E-state index contributed by atoms with van der Waals surface area (Å²) in [6, 6.07) is 11.4. The molecule has 0 saturated carbocycles. The molecule has 2 aromatic carbocycles. The molecule has 0 bridgehead atoms. The zero-order valence-electron chi connectivity index (χ0n) is 19.3. The molecule has 2 saturated heterocycles. The third-order valence-electron chi connectivity index (χ3n) is 7.23. The first kappa shape index (κ1) is 21.4. The van der Waals surface area contributed by atoms with E-state index < -0.39 is 5.97 Å². The number of rotatable bonds is 6. The molecule has 8 heteroatoms. The average molecular weight is 464 g/mol. The zero-order valence-corrected chi connectivity index (χ0v) is 19.3. The van der Waals surface area contributed by atoms with Gasteiger partial charge in [0.15, 0.2) is 11.5 Å². The van der Waals surface area contributed by atoms with E-state index in [9.17, 15) is 9.90 Å². The standard InChI is InChI=1S/C26H29N3O5/c1-16-33-23-4-2-3-20(25(23)34-16)17-7-10-28(11-8-17)15-24-27-21-6-5-18(26(30)31)13-22(21)29(24)14-19-9-12-32-19/h2-6,13,16-17,19H,7-12,14-15H2,1H3,(H,30,31). The predicted molar refractivity (Wildman–Crippen MR) is 125 cm³/mol. The number of likely N-dealkylation sites (tertiary alicyclic amines) is 1. The van der Waals surface area contributed by atoms with E-state index in [4.69, 9.17) is 19.2 Å². The summed E-state index contributed by atoms with van der Waals surface area (Å²) in [7, 11) is 0. The minimum absolute atomic E-state index is 0.167. The highest BCUT2D eigenvalue weighted by atomic mass is 16.7. The van der Waals surface area contributed by atoms with Crippen LogP contribution in [0.4, 0.5) is 0 Å². The maximum atomic E-state index is 11.5. The second-order valence-electron chi connectivity index (χ2n) is 9.46. The molecule has 2 unspecified atom stereocenters. The van der Waals surface area contributed by atoms with E-state index >= 15 is 0 Å². The van der Waals surface area contributed by atoms with Gasteiger partial charge in [-0.25, -0.2) is 9.78 Å². The highest BCUT2D eigenvalue weighted by molar-refractivity contribution is 5.92. The fraction of sp³-hybridized carbons (Fsp3) is 0.462. The van der Waals surface area contributed by atoms with E-state index in [1.165, 1.54) is 5.56 Å². The Hall–Kier alpha value is -3.10. The van der Waals surface area contributed by atoms with E-state index in [0.29, 0.717) is 12.5 Å². The van der Waals surface area contributed by atoms with Gasteiger partial charge < -0.3 is 23.9 Å². The summed E-state index contributed by atoms with van der Waals surface area (Å²) in [6.45, 7) is 6.09. The lowest BCUT2D eigenvalue weighted by molar-refractivity contribution is -0.0592. The fourth-order valence-corrected chi connectivity index (χ4v) is 5.31. The van der Waals surface area contributed by atoms with E-state index in [-0.39, 0.29) is 18.0 Å². The monoisotopic (exact) mass is 463 g/mol. The lowest BCUT2D eigenvalue weighted by atomic mass is 9.88. The fourth-order valence-electron chi connectivity index (χ4n) is 5.31. The predicted octanol–water partition coefficient (Wildman–Crippen LogP) is 4.02. The summed E-state index contributed by atoms with van der Waals surface area (Å²) in [4.78, 5) is 18.9. The highest BCUT2D eigenvalue weighted by Gasteiger charge is 2.30. The molecule has 178 valence electrons. The van der Waals surface area contributed by atoms with Gasteiger partial charge in [0.05, 0.1) is 35.8 Å². The number of hydrogen-bond acceptors (Lipinski definition) is 6. The molecule has 0 aliphatic carbocycles. The van der Waals surface area contributed by atoms with Crippen LogP contribution in [-0.4, -0.2) is 57.6 Å². The summed E-state index contributed by atoms with van der Waals surface area (Å²) in [5.74, 6) is 2.25. The van der Waals surface area contributed by atoms with Gasteiger partial charge in [-0.1, -0.05) is 12.1 Å². The Bertz CT molecular complexity index is 1230. The molecule has 6 rings (SSSR count). The minimum atomic E-state index is -0.922. The topological polar surface area (TPSA) is 86.1 Å². The number of aromatic nitrogens is 2. The summed E-state index contributed by atoms with van der Waals surface area (Å²) < 4.78 is 19.5. The van der Waals surface area contributed by atoms with Crippen molar-refractivity contribution in [2.24, 2.45) is 0 Å². The number of ether oxygens (including phenoxy) is 3. The molecule has 1 N–H and O–H groups in total. The van der Waals surface area contributed by atoms with Gasteiger partial charge in [-0.3, -0.25) is 4.90 Å². The van der Waals surface area contributed by atoms with Crippen molar-refractivity contribution in [3.63, 3.8) is 0 Å². The average Bonchev–Trinajstić information content (AvgIpc) is 3.35. The van der Waals surface area contributed by atoms with Crippen molar-refractivity contribution in [1.82, 2.24) is 14.5 Å². The van der Waals surface area contributed by atoms with Crippen LogP contribution in [-0.2, 0) is 17.8 Å². The highest BCUT2D eigenvalue weighted by Crippen LogP contribution is 2.43. The van der Waals surface area contributed by atoms with Crippen molar-refractivity contribution in [2.45, 2.75) is 57.6 Å². The van der Waals surface area contributed by atoms with Crippen LogP contribution >= 0.6 is 0 Å². The van der Waals surface area contributed by atoms with Crippen molar-refractivity contribution in [3.8, 4) is 11.5 Å². The van der Waals surface area contributed by atoms with Crippen LogP contribution in [0.1, 0.15) is 53.8 Å². The molecule has 2 fully saturated rings. The maximum Gasteiger partial charge on any atom is 0.335 e. The molecule has 1 aromatic heterocycles.